The highest BCUT2D eigenvalue weighted by Crippen LogP contribution is 2.23. The van der Waals surface area contributed by atoms with Crippen LogP contribution in [0.15, 0.2) is 28.9 Å². The van der Waals surface area contributed by atoms with Crippen molar-refractivity contribution in [2.24, 2.45) is 0 Å². The number of aromatic nitrogens is 3. The van der Waals surface area contributed by atoms with E-state index in [-0.39, 0.29) is 5.69 Å². The minimum absolute atomic E-state index is 0.0750. The minimum atomic E-state index is -1.09. The third-order valence-electron chi connectivity index (χ3n) is 2.34. The molecule has 2 rings (SSSR count). The first-order valence-electron chi connectivity index (χ1n) is 5.06. The molecular formula is C11H10BrN3O3. The Morgan fingerprint density at radius 3 is 2.94 bits per heavy atom. The number of carboxylic acid groups (broad SMARTS) is 1. The highest BCUT2D eigenvalue weighted by molar-refractivity contribution is 9.10. The summed E-state index contributed by atoms with van der Waals surface area (Å²) in [6.45, 7) is 0.415. The number of carboxylic acids is 1. The quantitative estimate of drug-likeness (QED) is 0.931. The molecule has 0 unspecified atom stereocenters. The van der Waals surface area contributed by atoms with E-state index in [4.69, 9.17) is 9.84 Å². The van der Waals surface area contributed by atoms with Crippen LogP contribution in [0.4, 0.5) is 0 Å². The second-order valence-electron chi connectivity index (χ2n) is 3.56. The molecule has 94 valence electrons. The fourth-order valence-corrected chi connectivity index (χ4v) is 1.82. The van der Waals surface area contributed by atoms with E-state index in [0.29, 0.717) is 6.54 Å². The molecule has 0 saturated heterocycles. The fraction of sp³-hybridized carbons (Fsp3) is 0.182. The van der Waals surface area contributed by atoms with E-state index in [2.05, 4.69) is 26.2 Å². The standard InChI is InChI=1S/C11H10BrN3O3/c1-18-8-2-3-9(12)7(4-8)5-15-6-10(11(16)17)13-14-15/h2-4,6H,5H2,1H3,(H,16,17). The van der Waals surface area contributed by atoms with Crippen molar-refractivity contribution in [3.8, 4) is 5.75 Å². The first-order valence-corrected chi connectivity index (χ1v) is 5.85. The maximum absolute atomic E-state index is 10.7. The summed E-state index contributed by atoms with van der Waals surface area (Å²) in [5.74, 6) is -0.363. The summed E-state index contributed by atoms with van der Waals surface area (Å²) in [5, 5.41) is 16.1. The molecule has 6 nitrogen and oxygen atoms in total. The van der Waals surface area contributed by atoms with Crippen molar-refractivity contribution in [2.75, 3.05) is 7.11 Å². The van der Waals surface area contributed by atoms with Gasteiger partial charge in [0.05, 0.1) is 19.9 Å². The van der Waals surface area contributed by atoms with Gasteiger partial charge in [-0.1, -0.05) is 21.1 Å². The number of rotatable bonds is 4. The van der Waals surface area contributed by atoms with E-state index in [1.807, 2.05) is 18.2 Å². The van der Waals surface area contributed by atoms with Gasteiger partial charge in [-0.25, -0.2) is 9.48 Å². The van der Waals surface area contributed by atoms with Gasteiger partial charge < -0.3 is 9.84 Å². The Balaban J connectivity index is 2.24. The van der Waals surface area contributed by atoms with Gasteiger partial charge in [-0.3, -0.25) is 0 Å². The second kappa shape index (κ2) is 5.18. The molecule has 0 bridgehead atoms. The zero-order chi connectivity index (χ0) is 13.1. The number of hydrogen-bond acceptors (Lipinski definition) is 4. The molecule has 2 aromatic rings. The lowest BCUT2D eigenvalue weighted by Gasteiger charge is -2.06. The number of ether oxygens (including phenoxy) is 1. The van der Waals surface area contributed by atoms with Crippen LogP contribution in [0.25, 0.3) is 0 Å². The van der Waals surface area contributed by atoms with Gasteiger partial charge in [0.1, 0.15) is 5.75 Å². The van der Waals surface area contributed by atoms with E-state index >= 15 is 0 Å². The van der Waals surface area contributed by atoms with Gasteiger partial charge in [-0.2, -0.15) is 0 Å². The molecule has 1 heterocycles. The van der Waals surface area contributed by atoms with Gasteiger partial charge in [-0.15, -0.1) is 5.10 Å². The second-order valence-corrected chi connectivity index (χ2v) is 4.42. The van der Waals surface area contributed by atoms with Crippen molar-refractivity contribution in [1.82, 2.24) is 15.0 Å². The Bertz CT molecular complexity index is 583. The molecule has 0 fully saturated rings. The van der Waals surface area contributed by atoms with Gasteiger partial charge in [0.25, 0.3) is 0 Å². The number of halogens is 1. The molecule has 0 aliphatic rings. The van der Waals surface area contributed by atoms with Crippen molar-refractivity contribution < 1.29 is 14.6 Å². The lowest BCUT2D eigenvalue weighted by Crippen LogP contribution is -2.02. The molecule has 0 aliphatic heterocycles. The number of benzene rings is 1. The van der Waals surface area contributed by atoms with Crippen LogP contribution in [0.1, 0.15) is 16.1 Å². The molecule has 0 aliphatic carbocycles. The molecular weight excluding hydrogens is 302 g/mol. The van der Waals surface area contributed by atoms with E-state index in [0.717, 1.165) is 15.8 Å². The van der Waals surface area contributed by atoms with Crippen molar-refractivity contribution in [3.63, 3.8) is 0 Å². The van der Waals surface area contributed by atoms with Crippen molar-refractivity contribution >= 4 is 21.9 Å². The van der Waals surface area contributed by atoms with Crippen LogP contribution in [-0.4, -0.2) is 33.2 Å². The van der Waals surface area contributed by atoms with Crippen molar-refractivity contribution in [1.29, 1.82) is 0 Å². The summed E-state index contributed by atoms with van der Waals surface area (Å²) in [5.41, 5.74) is 0.852. The zero-order valence-electron chi connectivity index (χ0n) is 9.50. The maximum Gasteiger partial charge on any atom is 0.358 e. The molecule has 1 N–H and O–H groups in total. The first-order chi connectivity index (χ1) is 8.60. The van der Waals surface area contributed by atoms with Gasteiger partial charge in [-0.05, 0) is 23.8 Å². The van der Waals surface area contributed by atoms with Crippen LogP contribution >= 0.6 is 15.9 Å². The van der Waals surface area contributed by atoms with E-state index in [1.54, 1.807) is 7.11 Å². The number of aromatic carboxylic acids is 1. The van der Waals surface area contributed by atoms with Crippen molar-refractivity contribution in [3.05, 3.63) is 40.1 Å². The van der Waals surface area contributed by atoms with Gasteiger partial charge in [0.15, 0.2) is 5.69 Å². The van der Waals surface area contributed by atoms with Gasteiger partial charge in [0.2, 0.25) is 0 Å². The normalized spacial score (nSPS) is 10.3. The molecule has 1 aromatic carbocycles. The largest absolute Gasteiger partial charge is 0.497 e. The molecule has 0 spiro atoms. The Morgan fingerprint density at radius 1 is 1.56 bits per heavy atom. The average molecular weight is 312 g/mol. The topological polar surface area (TPSA) is 77.2 Å². The van der Waals surface area contributed by atoms with E-state index < -0.39 is 5.97 Å². The third-order valence-corrected chi connectivity index (χ3v) is 3.12. The number of hydrogen-bond donors (Lipinski definition) is 1. The summed E-state index contributed by atoms with van der Waals surface area (Å²) < 4.78 is 7.49. The molecule has 0 saturated carbocycles. The SMILES string of the molecule is COc1ccc(Br)c(Cn2cc(C(=O)O)nn2)c1. The molecule has 1 aromatic heterocycles. The van der Waals surface area contributed by atoms with Crippen molar-refractivity contribution in [2.45, 2.75) is 6.54 Å². The van der Waals surface area contributed by atoms with E-state index in [1.165, 1.54) is 10.9 Å². The Morgan fingerprint density at radius 2 is 2.33 bits per heavy atom. The van der Waals surface area contributed by atoms with Gasteiger partial charge in [0, 0.05) is 4.47 Å². The van der Waals surface area contributed by atoms with Crippen LogP contribution in [0.5, 0.6) is 5.75 Å². The molecule has 18 heavy (non-hydrogen) atoms. The summed E-state index contributed by atoms with van der Waals surface area (Å²) in [6.07, 6.45) is 1.38. The number of methoxy groups -OCH3 is 1. The summed E-state index contributed by atoms with van der Waals surface area (Å²) in [4.78, 5) is 10.7. The summed E-state index contributed by atoms with van der Waals surface area (Å²) in [7, 11) is 1.59. The molecule has 7 heteroatoms. The number of carbonyl (C=O) groups is 1. The van der Waals surface area contributed by atoms with Gasteiger partial charge >= 0.3 is 5.97 Å². The third kappa shape index (κ3) is 2.67. The number of nitrogens with zero attached hydrogens (tertiary/aromatic N) is 3. The predicted molar refractivity (Wildman–Crippen MR) is 66.8 cm³/mol. The molecule has 0 amide bonds. The highest BCUT2D eigenvalue weighted by Gasteiger charge is 2.10. The summed E-state index contributed by atoms with van der Waals surface area (Å²) in [6, 6.07) is 5.55. The average Bonchev–Trinajstić information content (AvgIpc) is 2.81. The van der Waals surface area contributed by atoms with Crippen LogP contribution in [0.2, 0.25) is 0 Å². The smallest absolute Gasteiger partial charge is 0.358 e. The minimum Gasteiger partial charge on any atom is -0.497 e. The fourth-order valence-electron chi connectivity index (χ4n) is 1.45. The highest BCUT2D eigenvalue weighted by atomic mass is 79.9. The first kappa shape index (κ1) is 12.6. The Kier molecular flexibility index (Phi) is 3.61. The Labute approximate surface area is 111 Å². The van der Waals surface area contributed by atoms with Crippen LogP contribution in [-0.2, 0) is 6.54 Å². The van der Waals surface area contributed by atoms with Crippen LogP contribution in [0.3, 0.4) is 0 Å². The lowest BCUT2D eigenvalue weighted by atomic mass is 10.2. The monoisotopic (exact) mass is 311 g/mol. The van der Waals surface area contributed by atoms with E-state index in [9.17, 15) is 4.79 Å². The lowest BCUT2D eigenvalue weighted by molar-refractivity contribution is 0.0690. The maximum atomic E-state index is 10.7. The summed E-state index contributed by atoms with van der Waals surface area (Å²) >= 11 is 3.42. The van der Waals surface area contributed by atoms with Crippen LogP contribution in [0, 0.1) is 0 Å². The zero-order valence-corrected chi connectivity index (χ0v) is 11.1. The van der Waals surface area contributed by atoms with Crippen LogP contribution < -0.4 is 4.74 Å². The predicted octanol–water partition coefficient (Wildman–Crippen LogP) is 1.80. The molecule has 0 radical (unpaired) electrons. The Hall–Kier alpha value is -1.89. The molecule has 0 atom stereocenters.